The van der Waals surface area contributed by atoms with Crippen LogP contribution in [0, 0.1) is 5.82 Å². The molecule has 9 heteroatoms. The number of carbonyl (C=O) groups excluding carboxylic acids is 1. The van der Waals surface area contributed by atoms with Crippen molar-refractivity contribution in [3.63, 3.8) is 0 Å². The molecule has 0 saturated carbocycles. The number of nitrogens with one attached hydrogen (secondary N) is 1. The van der Waals surface area contributed by atoms with Crippen LogP contribution >= 0.6 is 11.6 Å². The molecule has 0 heterocycles. The van der Waals surface area contributed by atoms with E-state index in [1.54, 1.807) is 43.3 Å². The first-order valence-electron chi connectivity index (χ1n) is 9.76. The number of anilines is 2. The number of amides is 1. The van der Waals surface area contributed by atoms with Gasteiger partial charge in [-0.3, -0.25) is 9.10 Å². The van der Waals surface area contributed by atoms with Crippen LogP contribution < -0.4 is 14.4 Å². The zero-order chi connectivity index (χ0) is 23.3. The van der Waals surface area contributed by atoms with Gasteiger partial charge in [-0.05, 0) is 55.0 Å². The summed E-state index contributed by atoms with van der Waals surface area (Å²) in [4.78, 5) is 12.3. The van der Waals surface area contributed by atoms with Crippen molar-refractivity contribution in [1.29, 1.82) is 0 Å². The number of halogens is 2. The van der Waals surface area contributed by atoms with Gasteiger partial charge in [-0.15, -0.1) is 0 Å². The second-order valence-electron chi connectivity index (χ2n) is 6.84. The zero-order valence-electron chi connectivity index (χ0n) is 17.5. The van der Waals surface area contributed by atoms with E-state index in [9.17, 15) is 17.6 Å². The van der Waals surface area contributed by atoms with Gasteiger partial charge < -0.3 is 10.1 Å². The molecule has 0 bridgehead atoms. The van der Waals surface area contributed by atoms with Gasteiger partial charge >= 0.3 is 0 Å². The van der Waals surface area contributed by atoms with Crippen molar-refractivity contribution < 1.29 is 22.3 Å². The van der Waals surface area contributed by atoms with Gasteiger partial charge in [-0.25, -0.2) is 12.8 Å². The fourth-order valence-electron chi connectivity index (χ4n) is 3.19. The van der Waals surface area contributed by atoms with E-state index in [4.69, 9.17) is 16.3 Å². The molecule has 0 aromatic heterocycles. The SMILES string of the molecule is CCN(c1ccccc1)S(=O)(=O)c1cc(NC(=O)Cc2ccc(OC)c(F)c2)ccc1Cl. The molecular formula is C23H22ClFN2O4S. The molecule has 0 saturated heterocycles. The van der Waals surface area contributed by atoms with Crippen molar-refractivity contribution in [2.75, 3.05) is 23.3 Å². The summed E-state index contributed by atoms with van der Waals surface area (Å²) in [5.74, 6) is -0.922. The number of hydrogen-bond donors (Lipinski definition) is 1. The third-order valence-corrected chi connectivity index (χ3v) is 7.08. The molecule has 0 radical (unpaired) electrons. The molecule has 0 aliphatic heterocycles. The first kappa shape index (κ1) is 23.6. The zero-order valence-corrected chi connectivity index (χ0v) is 19.1. The van der Waals surface area contributed by atoms with Gasteiger partial charge in [0.05, 0.1) is 24.2 Å². The van der Waals surface area contributed by atoms with Crippen molar-refractivity contribution in [2.45, 2.75) is 18.2 Å². The predicted octanol–water partition coefficient (Wildman–Crippen LogP) is 4.88. The third-order valence-electron chi connectivity index (χ3n) is 4.70. The number of sulfonamides is 1. The van der Waals surface area contributed by atoms with E-state index in [0.29, 0.717) is 11.3 Å². The van der Waals surface area contributed by atoms with Gasteiger partial charge in [0, 0.05) is 12.2 Å². The maximum atomic E-state index is 13.9. The maximum Gasteiger partial charge on any atom is 0.265 e. The second-order valence-corrected chi connectivity index (χ2v) is 9.08. The van der Waals surface area contributed by atoms with Gasteiger partial charge in [-0.1, -0.05) is 35.9 Å². The summed E-state index contributed by atoms with van der Waals surface area (Å²) in [7, 11) is -2.62. The van der Waals surface area contributed by atoms with E-state index in [-0.39, 0.29) is 34.3 Å². The molecule has 6 nitrogen and oxygen atoms in total. The quantitative estimate of drug-likeness (QED) is 0.502. The number of para-hydroxylation sites is 1. The van der Waals surface area contributed by atoms with Crippen LogP contribution in [-0.2, 0) is 21.2 Å². The van der Waals surface area contributed by atoms with Crippen molar-refractivity contribution in [3.05, 3.63) is 83.1 Å². The number of nitrogens with zero attached hydrogens (tertiary/aromatic N) is 1. The van der Waals surface area contributed by atoms with Gasteiger partial charge in [0.15, 0.2) is 11.6 Å². The Morgan fingerprint density at radius 2 is 1.81 bits per heavy atom. The minimum Gasteiger partial charge on any atom is -0.494 e. The number of benzene rings is 3. The summed E-state index contributed by atoms with van der Waals surface area (Å²) < 4.78 is 46.5. The van der Waals surface area contributed by atoms with Crippen LogP contribution in [0.4, 0.5) is 15.8 Å². The molecule has 3 aromatic carbocycles. The lowest BCUT2D eigenvalue weighted by atomic mass is 10.1. The second kappa shape index (κ2) is 10.0. The van der Waals surface area contributed by atoms with E-state index in [2.05, 4.69) is 5.32 Å². The molecule has 0 fully saturated rings. The molecule has 0 unspecified atom stereocenters. The molecule has 0 aliphatic carbocycles. The Labute approximate surface area is 191 Å². The number of carbonyl (C=O) groups is 1. The third kappa shape index (κ3) is 5.20. The van der Waals surface area contributed by atoms with Crippen molar-refractivity contribution >= 4 is 38.9 Å². The van der Waals surface area contributed by atoms with Crippen LogP contribution in [0.25, 0.3) is 0 Å². The topological polar surface area (TPSA) is 75.7 Å². The highest BCUT2D eigenvalue weighted by molar-refractivity contribution is 7.93. The molecule has 1 N–H and O–H groups in total. The van der Waals surface area contributed by atoms with Gasteiger partial charge in [0.1, 0.15) is 4.90 Å². The molecule has 32 heavy (non-hydrogen) atoms. The molecule has 0 aliphatic rings. The number of ether oxygens (including phenoxy) is 1. The Bertz CT molecular complexity index is 1220. The highest BCUT2D eigenvalue weighted by Gasteiger charge is 2.26. The first-order chi connectivity index (χ1) is 15.3. The van der Waals surface area contributed by atoms with Crippen molar-refractivity contribution in [1.82, 2.24) is 0 Å². The Kier molecular flexibility index (Phi) is 7.37. The normalized spacial score (nSPS) is 11.1. The molecule has 3 rings (SSSR count). The number of methoxy groups -OCH3 is 1. The van der Waals surface area contributed by atoms with Crippen molar-refractivity contribution in [2.24, 2.45) is 0 Å². The van der Waals surface area contributed by atoms with Crippen molar-refractivity contribution in [3.8, 4) is 5.75 Å². The lowest BCUT2D eigenvalue weighted by molar-refractivity contribution is -0.115. The van der Waals surface area contributed by atoms with Crippen LogP contribution in [0.2, 0.25) is 5.02 Å². The molecular weight excluding hydrogens is 455 g/mol. The summed E-state index contributed by atoms with van der Waals surface area (Å²) in [5.41, 5.74) is 1.21. The highest BCUT2D eigenvalue weighted by atomic mass is 35.5. The molecule has 0 spiro atoms. The average Bonchev–Trinajstić information content (AvgIpc) is 2.76. The Balaban J connectivity index is 1.83. The predicted molar refractivity (Wildman–Crippen MR) is 123 cm³/mol. The minimum atomic E-state index is -3.98. The van der Waals surface area contributed by atoms with Crippen LogP contribution in [0.5, 0.6) is 5.75 Å². The monoisotopic (exact) mass is 476 g/mol. The Hall–Kier alpha value is -3.10. The smallest absolute Gasteiger partial charge is 0.265 e. The van der Waals surface area contributed by atoms with Crippen LogP contribution in [0.1, 0.15) is 12.5 Å². The lowest BCUT2D eigenvalue weighted by Crippen LogP contribution is -2.31. The van der Waals surface area contributed by atoms with E-state index in [1.165, 1.54) is 41.7 Å². The fourth-order valence-corrected chi connectivity index (χ4v) is 5.17. The molecule has 3 aromatic rings. The van der Waals surface area contributed by atoms with Gasteiger partial charge in [0.25, 0.3) is 10.0 Å². The Morgan fingerprint density at radius 1 is 1.09 bits per heavy atom. The highest BCUT2D eigenvalue weighted by Crippen LogP contribution is 2.30. The van der Waals surface area contributed by atoms with Crippen LogP contribution in [-0.4, -0.2) is 28.0 Å². The lowest BCUT2D eigenvalue weighted by Gasteiger charge is -2.23. The molecule has 1 amide bonds. The Morgan fingerprint density at radius 3 is 2.44 bits per heavy atom. The average molecular weight is 477 g/mol. The number of rotatable bonds is 8. The largest absolute Gasteiger partial charge is 0.494 e. The summed E-state index contributed by atoms with van der Waals surface area (Å²) in [6.07, 6.45) is -0.100. The number of hydrogen-bond acceptors (Lipinski definition) is 4. The first-order valence-corrected chi connectivity index (χ1v) is 11.6. The van der Waals surface area contributed by atoms with Crippen LogP contribution in [0.3, 0.4) is 0 Å². The summed E-state index contributed by atoms with van der Waals surface area (Å²) in [6.45, 7) is 1.92. The van der Waals surface area contributed by atoms with Crippen LogP contribution in [0.15, 0.2) is 71.6 Å². The van der Waals surface area contributed by atoms with E-state index in [0.717, 1.165) is 0 Å². The fraction of sp³-hybridized carbons (Fsp3) is 0.174. The van der Waals surface area contributed by atoms with E-state index >= 15 is 0 Å². The van der Waals surface area contributed by atoms with Gasteiger partial charge in [0.2, 0.25) is 5.91 Å². The summed E-state index contributed by atoms with van der Waals surface area (Å²) in [5, 5.41) is 2.68. The van der Waals surface area contributed by atoms with E-state index < -0.39 is 21.7 Å². The maximum absolute atomic E-state index is 13.9. The standard InChI is InChI=1S/C23H22ClFN2O4S/c1-3-27(18-7-5-4-6-8-18)32(29,30)22-15-17(10-11-19(22)24)26-23(28)14-16-9-12-21(31-2)20(25)13-16/h4-13,15H,3,14H2,1-2H3,(H,26,28). The summed E-state index contributed by atoms with van der Waals surface area (Å²) in [6, 6.07) is 17.1. The minimum absolute atomic E-state index is 0.0367. The summed E-state index contributed by atoms with van der Waals surface area (Å²) >= 11 is 6.21. The van der Waals surface area contributed by atoms with Gasteiger partial charge in [-0.2, -0.15) is 0 Å². The molecule has 0 atom stereocenters. The van der Waals surface area contributed by atoms with E-state index in [1.807, 2.05) is 0 Å². The molecule has 168 valence electrons.